The van der Waals surface area contributed by atoms with E-state index in [2.05, 4.69) is 13.8 Å². The topological polar surface area (TPSA) is 77.8 Å². The second kappa shape index (κ2) is 5.28. The summed E-state index contributed by atoms with van der Waals surface area (Å²) < 4.78 is 0. The van der Waals surface area contributed by atoms with Gasteiger partial charge in [0.15, 0.2) is 5.78 Å². The van der Waals surface area contributed by atoms with Gasteiger partial charge in [-0.15, -0.1) is 0 Å². The van der Waals surface area contributed by atoms with E-state index < -0.39 is 11.7 Å². The SMILES string of the molecule is C[C@]12C=C(CO)C(=O)C=C1CC[C@@H]1[C@@H]2[C@H](O)C[C@@]2(C)[C@H]1CC[C@]2(C)O. The van der Waals surface area contributed by atoms with Crippen LogP contribution in [0.2, 0.25) is 0 Å². The highest BCUT2D eigenvalue weighted by molar-refractivity contribution is 6.06. The molecule has 4 nitrogen and oxygen atoms in total. The van der Waals surface area contributed by atoms with Crippen LogP contribution in [0.4, 0.5) is 0 Å². The van der Waals surface area contributed by atoms with Crippen LogP contribution in [0.5, 0.6) is 0 Å². The Labute approximate surface area is 149 Å². The van der Waals surface area contributed by atoms with E-state index in [4.69, 9.17) is 0 Å². The molecule has 7 atom stereocenters. The van der Waals surface area contributed by atoms with Crippen molar-refractivity contribution >= 4 is 5.78 Å². The van der Waals surface area contributed by atoms with Gasteiger partial charge in [-0.1, -0.05) is 25.5 Å². The molecule has 0 amide bonds. The van der Waals surface area contributed by atoms with Crippen molar-refractivity contribution in [3.8, 4) is 0 Å². The van der Waals surface area contributed by atoms with E-state index in [1.54, 1.807) is 6.08 Å². The van der Waals surface area contributed by atoms with Gasteiger partial charge in [0.1, 0.15) is 0 Å². The Morgan fingerprint density at radius 1 is 1.24 bits per heavy atom. The molecule has 4 heteroatoms. The van der Waals surface area contributed by atoms with Crippen LogP contribution in [-0.2, 0) is 4.79 Å². The van der Waals surface area contributed by atoms with E-state index in [9.17, 15) is 20.1 Å². The lowest BCUT2D eigenvalue weighted by Gasteiger charge is -2.59. The lowest BCUT2D eigenvalue weighted by Crippen LogP contribution is -2.58. The number of carbonyl (C=O) groups excluding carboxylic acids is 1. The fraction of sp³-hybridized carbons (Fsp3) is 0.762. The van der Waals surface area contributed by atoms with Gasteiger partial charge < -0.3 is 15.3 Å². The summed E-state index contributed by atoms with van der Waals surface area (Å²) in [6, 6.07) is 0. The van der Waals surface area contributed by atoms with Crippen LogP contribution < -0.4 is 0 Å². The number of hydrogen-bond acceptors (Lipinski definition) is 4. The monoisotopic (exact) mass is 346 g/mol. The minimum Gasteiger partial charge on any atom is -0.393 e. The molecule has 4 rings (SSSR count). The Hall–Kier alpha value is -0.970. The fourth-order valence-electron chi connectivity index (χ4n) is 6.85. The van der Waals surface area contributed by atoms with Crippen LogP contribution in [0, 0.1) is 28.6 Å². The van der Waals surface area contributed by atoms with Gasteiger partial charge in [0, 0.05) is 22.3 Å². The molecule has 3 fully saturated rings. The molecule has 0 spiro atoms. The lowest BCUT2D eigenvalue weighted by molar-refractivity contribution is -0.158. The van der Waals surface area contributed by atoms with Crippen molar-refractivity contribution < 1.29 is 20.1 Å². The quantitative estimate of drug-likeness (QED) is 0.681. The summed E-state index contributed by atoms with van der Waals surface area (Å²) >= 11 is 0. The number of carbonyl (C=O) groups is 1. The lowest BCUT2D eigenvalue weighted by atomic mass is 9.46. The Morgan fingerprint density at radius 2 is 1.96 bits per heavy atom. The van der Waals surface area contributed by atoms with Gasteiger partial charge in [0.25, 0.3) is 0 Å². The smallest absolute Gasteiger partial charge is 0.183 e. The molecule has 0 radical (unpaired) electrons. The predicted octanol–water partition coefficient (Wildman–Crippen LogP) is 2.38. The van der Waals surface area contributed by atoms with E-state index >= 15 is 0 Å². The van der Waals surface area contributed by atoms with Crippen molar-refractivity contribution in [2.24, 2.45) is 28.6 Å². The molecule has 138 valence electrons. The third-order valence-corrected chi connectivity index (χ3v) is 8.41. The predicted molar refractivity (Wildman–Crippen MR) is 94.7 cm³/mol. The Balaban J connectivity index is 1.78. The molecule has 3 N–H and O–H groups in total. The summed E-state index contributed by atoms with van der Waals surface area (Å²) in [5.74, 6) is 0.702. The molecule has 0 aromatic carbocycles. The van der Waals surface area contributed by atoms with E-state index in [-0.39, 0.29) is 29.1 Å². The third-order valence-electron chi connectivity index (χ3n) is 8.41. The largest absolute Gasteiger partial charge is 0.393 e. The highest BCUT2D eigenvalue weighted by Gasteiger charge is 2.64. The Bertz CT molecular complexity index is 675. The zero-order chi connectivity index (χ0) is 18.2. The zero-order valence-electron chi connectivity index (χ0n) is 15.5. The molecule has 0 aliphatic heterocycles. The molecule has 0 aromatic rings. The van der Waals surface area contributed by atoms with Gasteiger partial charge in [0.05, 0.1) is 18.3 Å². The van der Waals surface area contributed by atoms with E-state index in [1.807, 2.05) is 13.0 Å². The van der Waals surface area contributed by atoms with Gasteiger partial charge in [-0.3, -0.25) is 4.79 Å². The summed E-state index contributed by atoms with van der Waals surface area (Å²) in [6.07, 6.45) is 7.35. The van der Waals surface area contributed by atoms with Crippen molar-refractivity contribution in [3.05, 3.63) is 23.3 Å². The minimum absolute atomic E-state index is 0.0501. The maximum absolute atomic E-state index is 12.2. The number of allylic oxidation sites excluding steroid dienone is 3. The zero-order valence-corrected chi connectivity index (χ0v) is 15.5. The first-order valence-corrected chi connectivity index (χ1v) is 9.62. The maximum atomic E-state index is 12.2. The summed E-state index contributed by atoms with van der Waals surface area (Å²) in [6.45, 7) is 5.95. The molecule has 0 saturated heterocycles. The van der Waals surface area contributed by atoms with Gasteiger partial charge in [0.2, 0.25) is 0 Å². The summed E-state index contributed by atoms with van der Waals surface area (Å²) in [7, 11) is 0. The van der Waals surface area contributed by atoms with Gasteiger partial charge in [-0.2, -0.15) is 0 Å². The normalized spacial score (nSPS) is 52.0. The van der Waals surface area contributed by atoms with Crippen LogP contribution >= 0.6 is 0 Å². The van der Waals surface area contributed by atoms with E-state index in [0.29, 0.717) is 23.8 Å². The first-order valence-electron chi connectivity index (χ1n) is 9.62. The molecule has 3 saturated carbocycles. The van der Waals surface area contributed by atoms with Gasteiger partial charge >= 0.3 is 0 Å². The van der Waals surface area contributed by atoms with E-state index in [0.717, 1.165) is 31.3 Å². The number of rotatable bonds is 1. The average Bonchev–Trinajstić information content (AvgIpc) is 2.76. The molecular weight excluding hydrogens is 316 g/mol. The van der Waals surface area contributed by atoms with Gasteiger partial charge in [-0.25, -0.2) is 0 Å². The standard InChI is InChI=1S/C21H30O4/c1-19-9-12(11-22)16(23)8-13(19)4-5-14-15-6-7-21(3,25)20(15,2)10-17(24)18(14)19/h8-9,14-15,17-18,22,24-25H,4-7,10-11H2,1-3H3/t14-,15-,17+,18+,19-,20-,21-/m0/s1. The summed E-state index contributed by atoms with van der Waals surface area (Å²) in [5, 5.41) is 31.7. The molecule has 0 heterocycles. The molecular formula is C21H30O4. The Morgan fingerprint density at radius 3 is 2.64 bits per heavy atom. The highest BCUT2D eigenvalue weighted by atomic mass is 16.3. The van der Waals surface area contributed by atoms with Crippen LogP contribution in [-0.4, -0.2) is 39.4 Å². The Kier molecular flexibility index (Phi) is 3.68. The number of aliphatic hydroxyl groups excluding tert-OH is 2. The van der Waals surface area contributed by atoms with Crippen molar-refractivity contribution in [1.29, 1.82) is 0 Å². The minimum atomic E-state index is -0.727. The van der Waals surface area contributed by atoms with Crippen LogP contribution in [0.15, 0.2) is 23.3 Å². The second-order valence-corrected chi connectivity index (χ2v) is 9.48. The molecule has 0 aromatic heterocycles. The first kappa shape index (κ1) is 17.4. The first-order chi connectivity index (χ1) is 11.6. The number of hydrogen-bond donors (Lipinski definition) is 3. The second-order valence-electron chi connectivity index (χ2n) is 9.48. The molecule has 25 heavy (non-hydrogen) atoms. The van der Waals surface area contributed by atoms with E-state index in [1.165, 1.54) is 0 Å². The summed E-state index contributed by atoms with van der Waals surface area (Å²) in [5.41, 5.74) is 0.202. The van der Waals surface area contributed by atoms with Crippen LogP contribution in [0.25, 0.3) is 0 Å². The number of aliphatic hydroxyl groups is 3. The van der Waals surface area contributed by atoms with Crippen molar-refractivity contribution in [2.45, 2.75) is 64.6 Å². The molecule has 4 aliphatic rings. The molecule has 0 unspecified atom stereocenters. The maximum Gasteiger partial charge on any atom is 0.183 e. The number of fused-ring (bicyclic) bond motifs is 5. The summed E-state index contributed by atoms with van der Waals surface area (Å²) in [4.78, 5) is 12.2. The molecule has 4 aliphatic carbocycles. The van der Waals surface area contributed by atoms with Crippen molar-refractivity contribution in [3.63, 3.8) is 0 Å². The average molecular weight is 346 g/mol. The highest BCUT2D eigenvalue weighted by Crippen LogP contribution is 2.66. The van der Waals surface area contributed by atoms with Crippen molar-refractivity contribution in [1.82, 2.24) is 0 Å². The fourth-order valence-corrected chi connectivity index (χ4v) is 6.85. The third kappa shape index (κ3) is 2.14. The van der Waals surface area contributed by atoms with Gasteiger partial charge in [-0.05, 0) is 56.9 Å². The number of ketones is 1. The van der Waals surface area contributed by atoms with Crippen molar-refractivity contribution in [2.75, 3.05) is 6.61 Å². The molecule has 0 bridgehead atoms. The van der Waals surface area contributed by atoms with Crippen LogP contribution in [0.1, 0.15) is 52.9 Å². The van der Waals surface area contributed by atoms with Crippen LogP contribution in [0.3, 0.4) is 0 Å².